The molecule has 1 aliphatic heterocycles. The first-order chi connectivity index (χ1) is 16.5. The minimum absolute atomic E-state index is 0.0369. The number of ketones is 1. The summed E-state index contributed by atoms with van der Waals surface area (Å²) in [5.41, 5.74) is 3.10. The average molecular weight is 471 g/mol. The van der Waals surface area contributed by atoms with E-state index < -0.39 is 17.7 Å². The maximum atomic E-state index is 13.3. The fourth-order valence-electron chi connectivity index (χ4n) is 4.16. The maximum Gasteiger partial charge on any atom is 0.301 e. The molecule has 0 spiro atoms. The molecule has 1 unspecified atom stereocenters. The Morgan fingerprint density at radius 2 is 1.79 bits per heavy atom. The van der Waals surface area contributed by atoms with Crippen molar-refractivity contribution in [3.63, 3.8) is 0 Å². The number of aliphatic hydroxyl groups is 1. The molecule has 1 amide bonds. The van der Waals surface area contributed by atoms with Crippen LogP contribution in [0.2, 0.25) is 0 Å². The molecule has 5 rings (SSSR count). The van der Waals surface area contributed by atoms with Crippen LogP contribution in [0.3, 0.4) is 0 Å². The molecule has 2 heterocycles. The highest BCUT2D eigenvalue weighted by molar-refractivity contribution is 7.22. The number of carbonyl (C=O) groups is 2. The third kappa shape index (κ3) is 3.64. The second kappa shape index (κ2) is 8.76. The number of ether oxygens (including phenoxy) is 1. The number of aromatic nitrogens is 1. The Kier molecular flexibility index (Phi) is 5.63. The quantitative estimate of drug-likeness (QED) is 0.237. The molecule has 6 nitrogen and oxygen atoms in total. The van der Waals surface area contributed by atoms with Crippen molar-refractivity contribution in [2.24, 2.45) is 0 Å². The number of rotatable bonds is 5. The van der Waals surface area contributed by atoms with E-state index in [1.54, 1.807) is 55.6 Å². The zero-order chi connectivity index (χ0) is 23.8. The van der Waals surface area contributed by atoms with Crippen molar-refractivity contribution in [1.29, 1.82) is 0 Å². The number of methoxy groups -OCH3 is 1. The van der Waals surface area contributed by atoms with Crippen LogP contribution < -0.4 is 9.64 Å². The standard InChI is InChI=1S/C27H22N2O4S/c1-3-16-9-14-20-21(15-16)34-27(28-20)29-23(17-10-12-19(33-2)13-11-17)22(25(31)26(29)32)24(30)18-7-5-4-6-8-18/h4-15,23,30H,3H2,1-2H3/b24-22+. The van der Waals surface area contributed by atoms with E-state index >= 15 is 0 Å². The Hall–Kier alpha value is -3.97. The normalized spacial score (nSPS) is 17.5. The molecule has 0 aliphatic carbocycles. The summed E-state index contributed by atoms with van der Waals surface area (Å²) in [6, 6.07) is 21.1. The van der Waals surface area contributed by atoms with Crippen molar-refractivity contribution in [3.8, 4) is 5.75 Å². The SMILES string of the molecule is CCc1ccc2nc(N3C(=O)C(=O)/C(=C(/O)c4ccccc4)C3c3ccc(OC)cc3)sc2c1. The number of hydrogen-bond acceptors (Lipinski definition) is 6. The number of anilines is 1. The van der Waals surface area contributed by atoms with Crippen LogP contribution in [0.15, 0.2) is 78.4 Å². The Morgan fingerprint density at radius 1 is 1.06 bits per heavy atom. The Labute approximate surface area is 200 Å². The summed E-state index contributed by atoms with van der Waals surface area (Å²) in [6.07, 6.45) is 0.886. The van der Waals surface area contributed by atoms with Gasteiger partial charge in [0.2, 0.25) is 0 Å². The Morgan fingerprint density at radius 3 is 2.47 bits per heavy atom. The number of hydrogen-bond donors (Lipinski definition) is 1. The van der Waals surface area contributed by atoms with Crippen LogP contribution in [0.5, 0.6) is 5.75 Å². The summed E-state index contributed by atoms with van der Waals surface area (Å²) in [4.78, 5) is 32.7. The number of nitrogens with zero attached hydrogens (tertiary/aromatic N) is 2. The number of carbonyl (C=O) groups excluding carboxylic acids is 2. The molecule has 3 aromatic carbocycles. The average Bonchev–Trinajstić information content (AvgIpc) is 3.41. The molecule has 1 atom stereocenters. The van der Waals surface area contributed by atoms with Crippen LogP contribution in [0.25, 0.3) is 16.0 Å². The molecule has 1 aliphatic rings. The lowest BCUT2D eigenvalue weighted by atomic mass is 9.95. The summed E-state index contributed by atoms with van der Waals surface area (Å²) >= 11 is 1.36. The molecule has 1 saturated heterocycles. The van der Waals surface area contributed by atoms with Gasteiger partial charge in [0.15, 0.2) is 5.13 Å². The molecule has 0 bridgehead atoms. The van der Waals surface area contributed by atoms with E-state index in [1.807, 2.05) is 18.2 Å². The molecule has 0 radical (unpaired) electrons. The fourth-order valence-corrected chi connectivity index (χ4v) is 5.22. The molecular weight excluding hydrogens is 448 g/mol. The van der Waals surface area contributed by atoms with Gasteiger partial charge in [-0.15, -0.1) is 0 Å². The summed E-state index contributed by atoms with van der Waals surface area (Å²) in [6.45, 7) is 2.08. The number of aliphatic hydroxyl groups excluding tert-OH is 1. The van der Waals surface area contributed by atoms with Gasteiger partial charge < -0.3 is 9.84 Å². The lowest BCUT2D eigenvalue weighted by Crippen LogP contribution is -2.29. The van der Waals surface area contributed by atoms with Crippen molar-refractivity contribution >= 4 is 44.1 Å². The Bertz CT molecular complexity index is 1420. The highest BCUT2D eigenvalue weighted by atomic mass is 32.1. The molecule has 170 valence electrons. The van der Waals surface area contributed by atoms with Gasteiger partial charge in [0.25, 0.3) is 5.78 Å². The third-order valence-electron chi connectivity index (χ3n) is 5.98. The molecule has 1 fully saturated rings. The van der Waals surface area contributed by atoms with Crippen LogP contribution in [0, 0.1) is 0 Å². The molecule has 1 N–H and O–H groups in total. The van der Waals surface area contributed by atoms with Crippen molar-refractivity contribution in [2.45, 2.75) is 19.4 Å². The van der Waals surface area contributed by atoms with E-state index in [4.69, 9.17) is 4.74 Å². The van der Waals surface area contributed by atoms with Gasteiger partial charge >= 0.3 is 5.91 Å². The lowest BCUT2D eigenvalue weighted by Gasteiger charge is -2.23. The number of Topliss-reactive ketones (excluding diaryl/α,β-unsaturated/α-hetero) is 1. The zero-order valence-corrected chi connectivity index (χ0v) is 19.5. The predicted molar refractivity (Wildman–Crippen MR) is 133 cm³/mol. The van der Waals surface area contributed by atoms with E-state index in [1.165, 1.54) is 21.8 Å². The fraction of sp³-hybridized carbons (Fsp3) is 0.148. The van der Waals surface area contributed by atoms with Gasteiger partial charge in [0, 0.05) is 5.56 Å². The largest absolute Gasteiger partial charge is 0.507 e. The first-order valence-corrected chi connectivity index (χ1v) is 11.7. The van der Waals surface area contributed by atoms with Crippen molar-refractivity contribution in [3.05, 3.63) is 95.1 Å². The summed E-state index contributed by atoms with van der Waals surface area (Å²) in [7, 11) is 1.57. The van der Waals surface area contributed by atoms with Crippen molar-refractivity contribution in [2.75, 3.05) is 12.0 Å². The molecule has 7 heteroatoms. The molecule has 1 aromatic heterocycles. The topological polar surface area (TPSA) is 79.7 Å². The van der Waals surface area contributed by atoms with Crippen LogP contribution in [0.4, 0.5) is 5.13 Å². The number of thiazole rings is 1. The van der Waals surface area contributed by atoms with Gasteiger partial charge in [-0.2, -0.15) is 0 Å². The van der Waals surface area contributed by atoms with Gasteiger partial charge in [-0.25, -0.2) is 4.98 Å². The summed E-state index contributed by atoms with van der Waals surface area (Å²) in [5.74, 6) is -1.02. The van der Waals surface area contributed by atoms with Gasteiger partial charge in [-0.3, -0.25) is 14.5 Å². The van der Waals surface area contributed by atoms with Crippen LogP contribution in [-0.4, -0.2) is 28.9 Å². The smallest absolute Gasteiger partial charge is 0.301 e. The highest BCUT2D eigenvalue weighted by Crippen LogP contribution is 2.44. The Balaban J connectivity index is 1.71. The highest BCUT2D eigenvalue weighted by Gasteiger charge is 2.48. The zero-order valence-electron chi connectivity index (χ0n) is 18.7. The van der Waals surface area contributed by atoms with E-state index in [-0.39, 0.29) is 11.3 Å². The number of benzene rings is 3. The molecule has 0 saturated carbocycles. The second-order valence-corrected chi connectivity index (χ2v) is 8.97. The van der Waals surface area contributed by atoms with Crippen LogP contribution in [0.1, 0.15) is 29.7 Å². The minimum atomic E-state index is -0.822. The van der Waals surface area contributed by atoms with E-state index in [2.05, 4.69) is 18.0 Å². The molecule has 34 heavy (non-hydrogen) atoms. The van der Waals surface area contributed by atoms with Crippen LogP contribution in [-0.2, 0) is 16.0 Å². The van der Waals surface area contributed by atoms with Gasteiger partial charge in [0.05, 0.1) is 28.9 Å². The summed E-state index contributed by atoms with van der Waals surface area (Å²) < 4.78 is 6.21. The predicted octanol–water partition coefficient (Wildman–Crippen LogP) is 5.49. The number of amides is 1. The van der Waals surface area contributed by atoms with Gasteiger partial charge in [-0.05, 0) is 41.8 Å². The third-order valence-corrected chi connectivity index (χ3v) is 7.00. The van der Waals surface area contributed by atoms with Gasteiger partial charge in [0.1, 0.15) is 11.5 Å². The number of aryl methyl sites for hydroxylation is 1. The first-order valence-electron chi connectivity index (χ1n) is 10.9. The first kappa shape index (κ1) is 21.9. The molecule has 4 aromatic rings. The second-order valence-electron chi connectivity index (χ2n) is 7.96. The summed E-state index contributed by atoms with van der Waals surface area (Å²) in [5, 5.41) is 11.6. The van der Waals surface area contributed by atoms with Crippen molar-refractivity contribution in [1.82, 2.24) is 4.98 Å². The minimum Gasteiger partial charge on any atom is -0.507 e. The van der Waals surface area contributed by atoms with Gasteiger partial charge in [-0.1, -0.05) is 66.8 Å². The van der Waals surface area contributed by atoms with E-state index in [0.717, 1.165) is 16.6 Å². The van der Waals surface area contributed by atoms with Crippen LogP contribution >= 0.6 is 11.3 Å². The lowest BCUT2D eigenvalue weighted by molar-refractivity contribution is -0.132. The monoisotopic (exact) mass is 470 g/mol. The maximum absolute atomic E-state index is 13.3. The molecular formula is C27H22N2O4S. The van der Waals surface area contributed by atoms with Crippen molar-refractivity contribution < 1.29 is 19.4 Å². The van der Waals surface area contributed by atoms with E-state index in [0.29, 0.717) is 22.0 Å². The number of fused-ring (bicyclic) bond motifs is 1. The van der Waals surface area contributed by atoms with E-state index in [9.17, 15) is 14.7 Å².